The Labute approximate surface area is 191 Å². The van der Waals surface area contributed by atoms with Crippen molar-refractivity contribution in [3.05, 3.63) is 71.9 Å². The highest BCUT2D eigenvalue weighted by Crippen LogP contribution is 2.40. The van der Waals surface area contributed by atoms with Crippen LogP contribution in [0.1, 0.15) is 24.0 Å². The summed E-state index contributed by atoms with van der Waals surface area (Å²) >= 11 is 1.76. The lowest BCUT2D eigenvalue weighted by molar-refractivity contribution is -0.141. The van der Waals surface area contributed by atoms with Crippen LogP contribution >= 0.6 is 11.3 Å². The fraction of sp³-hybridized carbons (Fsp3) is 0.308. The molecular formula is C26H26N4OS. The maximum Gasteiger partial charge on any atom is 0.233 e. The van der Waals surface area contributed by atoms with Gasteiger partial charge in [-0.25, -0.2) is 4.98 Å². The highest BCUT2D eigenvalue weighted by Gasteiger charge is 2.43. The normalized spacial score (nSPS) is 18.3. The van der Waals surface area contributed by atoms with Crippen LogP contribution < -0.4 is 4.90 Å². The lowest BCUT2D eigenvalue weighted by Crippen LogP contribution is -2.51. The van der Waals surface area contributed by atoms with Crippen molar-refractivity contribution in [2.75, 3.05) is 24.5 Å². The molecule has 2 aliphatic heterocycles. The molecule has 1 amide bonds. The van der Waals surface area contributed by atoms with Crippen LogP contribution in [-0.2, 0) is 11.3 Å². The van der Waals surface area contributed by atoms with Crippen molar-refractivity contribution in [2.45, 2.75) is 26.3 Å². The molecule has 162 valence electrons. The summed E-state index contributed by atoms with van der Waals surface area (Å²) in [6.07, 6.45) is 8.08. The largest absolute Gasteiger partial charge is 0.361 e. The van der Waals surface area contributed by atoms with E-state index < -0.39 is 0 Å². The molecule has 1 N–H and O–H groups in total. The number of fused-ring (bicyclic) bond motifs is 2. The zero-order valence-electron chi connectivity index (χ0n) is 18.2. The van der Waals surface area contributed by atoms with Crippen molar-refractivity contribution in [2.24, 2.45) is 5.41 Å². The van der Waals surface area contributed by atoms with E-state index in [9.17, 15) is 4.79 Å². The molecule has 0 radical (unpaired) electrons. The van der Waals surface area contributed by atoms with Gasteiger partial charge in [-0.2, -0.15) is 0 Å². The van der Waals surface area contributed by atoms with Crippen molar-refractivity contribution in [1.29, 1.82) is 0 Å². The first kappa shape index (κ1) is 19.6. The number of rotatable bonds is 3. The highest BCUT2D eigenvalue weighted by molar-refractivity contribution is 7.22. The summed E-state index contributed by atoms with van der Waals surface area (Å²) in [6, 6.07) is 14.7. The fourth-order valence-corrected chi connectivity index (χ4v) is 6.23. The third kappa shape index (κ3) is 3.21. The second-order valence-electron chi connectivity index (χ2n) is 9.06. The number of nitrogens with one attached hydrogen (secondary N) is 1. The number of aromatic amines is 1. The minimum atomic E-state index is -0.381. The molecule has 32 heavy (non-hydrogen) atoms. The van der Waals surface area contributed by atoms with E-state index in [1.165, 1.54) is 21.2 Å². The van der Waals surface area contributed by atoms with Gasteiger partial charge in [-0.1, -0.05) is 47.8 Å². The van der Waals surface area contributed by atoms with E-state index in [2.05, 4.69) is 65.4 Å². The first-order valence-corrected chi connectivity index (χ1v) is 12.1. The standard InChI is InChI=1S/C26H26N4OS/c1-18-7-8-22-23(15-18)32-25(28-22)29-13-10-26(11-14-29)9-4-12-30(24(26)31)17-19-16-27-21-6-3-2-5-20(19)21/h2-9,15-16,27H,10-14,17H2,1H3. The molecular weight excluding hydrogens is 416 g/mol. The Morgan fingerprint density at radius 2 is 2.00 bits per heavy atom. The zero-order chi connectivity index (χ0) is 21.7. The molecule has 0 unspecified atom stereocenters. The SMILES string of the molecule is Cc1ccc2nc(N3CCC4(C=CCN(Cc5c[nH]c6ccccc56)C4=O)CC3)sc2c1. The summed E-state index contributed by atoms with van der Waals surface area (Å²) < 4.78 is 1.24. The van der Waals surface area contributed by atoms with Gasteiger partial charge in [0.1, 0.15) is 0 Å². The summed E-state index contributed by atoms with van der Waals surface area (Å²) in [5.41, 5.74) is 4.25. The van der Waals surface area contributed by atoms with Gasteiger partial charge in [0, 0.05) is 43.3 Å². The number of benzene rings is 2. The first-order valence-electron chi connectivity index (χ1n) is 11.3. The van der Waals surface area contributed by atoms with E-state index in [0.29, 0.717) is 13.1 Å². The predicted molar refractivity (Wildman–Crippen MR) is 131 cm³/mol. The molecule has 1 fully saturated rings. The second kappa shape index (κ2) is 7.48. The number of piperidine rings is 1. The Morgan fingerprint density at radius 1 is 1.16 bits per heavy atom. The van der Waals surface area contributed by atoms with Gasteiger partial charge < -0.3 is 14.8 Å². The van der Waals surface area contributed by atoms with Crippen LogP contribution in [0.3, 0.4) is 0 Å². The molecule has 2 aliphatic rings. The molecule has 5 nitrogen and oxygen atoms in total. The van der Waals surface area contributed by atoms with Gasteiger partial charge in [-0.05, 0) is 49.1 Å². The fourth-order valence-electron chi connectivity index (χ4n) is 5.11. The van der Waals surface area contributed by atoms with Gasteiger partial charge in [0.15, 0.2) is 5.13 Å². The molecule has 6 heteroatoms. The number of H-pyrrole nitrogens is 1. The molecule has 0 saturated carbocycles. The predicted octanol–water partition coefficient (Wildman–Crippen LogP) is 5.27. The number of aromatic nitrogens is 2. The molecule has 2 aromatic heterocycles. The third-order valence-corrected chi connectivity index (χ3v) is 8.05. The minimum Gasteiger partial charge on any atom is -0.361 e. The van der Waals surface area contributed by atoms with Crippen molar-refractivity contribution in [3.8, 4) is 0 Å². The number of hydrogen-bond donors (Lipinski definition) is 1. The molecule has 1 saturated heterocycles. The number of anilines is 1. The van der Waals surface area contributed by atoms with E-state index in [-0.39, 0.29) is 11.3 Å². The van der Waals surface area contributed by atoms with Gasteiger partial charge >= 0.3 is 0 Å². The second-order valence-corrected chi connectivity index (χ2v) is 10.1. The average molecular weight is 443 g/mol. The van der Waals surface area contributed by atoms with Crippen molar-refractivity contribution < 1.29 is 4.79 Å². The number of amides is 1. The van der Waals surface area contributed by atoms with Crippen LogP contribution in [-0.4, -0.2) is 40.4 Å². The van der Waals surface area contributed by atoms with Crippen molar-refractivity contribution in [3.63, 3.8) is 0 Å². The van der Waals surface area contributed by atoms with Gasteiger partial charge in [-0.15, -0.1) is 0 Å². The minimum absolute atomic E-state index is 0.268. The number of carbonyl (C=O) groups excluding carboxylic acids is 1. The van der Waals surface area contributed by atoms with Gasteiger partial charge in [0.25, 0.3) is 0 Å². The average Bonchev–Trinajstić information content (AvgIpc) is 3.41. The molecule has 0 aliphatic carbocycles. The summed E-state index contributed by atoms with van der Waals surface area (Å²) in [5.74, 6) is 0.268. The summed E-state index contributed by atoms with van der Waals surface area (Å²) in [6.45, 7) is 5.16. The van der Waals surface area contributed by atoms with Crippen LogP contribution in [0.5, 0.6) is 0 Å². The van der Waals surface area contributed by atoms with E-state index in [1.54, 1.807) is 11.3 Å². The maximum absolute atomic E-state index is 13.6. The number of aryl methyl sites for hydroxylation is 1. The first-order chi connectivity index (χ1) is 15.6. The van der Waals surface area contributed by atoms with Crippen molar-refractivity contribution in [1.82, 2.24) is 14.9 Å². The highest BCUT2D eigenvalue weighted by atomic mass is 32.1. The quantitative estimate of drug-likeness (QED) is 0.440. The Morgan fingerprint density at radius 3 is 2.88 bits per heavy atom. The Kier molecular flexibility index (Phi) is 4.57. The van der Waals surface area contributed by atoms with Crippen LogP contribution in [0.15, 0.2) is 60.8 Å². The summed E-state index contributed by atoms with van der Waals surface area (Å²) in [5, 5.41) is 2.27. The third-order valence-electron chi connectivity index (χ3n) is 6.97. The lowest BCUT2D eigenvalue weighted by Gasteiger charge is -2.43. The maximum atomic E-state index is 13.6. The Bertz CT molecular complexity index is 1340. The molecule has 6 rings (SSSR count). The summed E-state index contributed by atoms with van der Waals surface area (Å²) in [4.78, 5) is 26.2. The van der Waals surface area contributed by atoms with Gasteiger partial charge in [0.2, 0.25) is 5.91 Å². The molecule has 0 atom stereocenters. The number of para-hydroxylation sites is 1. The van der Waals surface area contributed by atoms with Gasteiger partial charge in [0.05, 0.1) is 15.6 Å². The number of hydrogen-bond acceptors (Lipinski definition) is 4. The van der Waals surface area contributed by atoms with Crippen molar-refractivity contribution >= 4 is 43.5 Å². The molecule has 4 heterocycles. The molecule has 1 spiro atoms. The number of thiazole rings is 1. The van der Waals surface area contributed by atoms with E-state index in [4.69, 9.17) is 4.98 Å². The van der Waals surface area contributed by atoms with E-state index in [1.807, 2.05) is 17.2 Å². The smallest absolute Gasteiger partial charge is 0.233 e. The van der Waals surface area contributed by atoms with Crippen LogP contribution in [0.4, 0.5) is 5.13 Å². The lowest BCUT2D eigenvalue weighted by atomic mass is 9.75. The van der Waals surface area contributed by atoms with E-state index >= 15 is 0 Å². The van der Waals surface area contributed by atoms with Crippen LogP contribution in [0, 0.1) is 12.3 Å². The Hall–Kier alpha value is -3.12. The Balaban J connectivity index is 1.19. The molecule has 0 bridgehead atoms. The van der Waals surface area contributed by atoms with E-state index in [0.717, 1.165) is 42.1 Å². The monoisotopic (exact) mass is 442 g/mol. The topological polar surface area (TPSA) is 52.2 Å². The number of carbonyl (C=O) groups is 1. The zero-order valence-corrected chi connectivity index (χ0v) is 19.0. The van der Waals surface area contributed by atoms with Crippen LogP contribution in [0.2, 0.25) is 0 Å². The molecule has 2 aromatic carbocycles. The molecule has 4 aromatic rings. The van der Waals surface area contributed by atoms with Gasteiger partial charge in [-0.3, -0.25) is 4.79 Å². The van der Waals surface area contributed by atoms with Crippen LogP contribution in [0.25, 0.3) is 21.1 Å². The summed E-state index contributed by atoms with van der Waals surface area (Å²) in [7, 11) is 0. The number of nitrogens with zero attached hydrogens (tertiary/aromatic N) is 3.